The maximum Gasteiger partial charge on any atom is 0.124 e. The highest BCUT2D eigenvalue weighted by Gasteiger charge is 2.05. The summed E-state index contributed by atoms with van der Waals surface area (Å²) in [6, 6.07) is 6.87. The van der Waals surface area contributed by atoms with Gasteiger partial charge in [0.2, 0.25) is 0 Å². The molecule has 1 aromatic carbocycles. The Labute approximate surface area is 102 Å². The lowest BCUT2D eigenvalue weighted by Crippen LogP contribution is -2.23. The van der Waals surface area contributed by atoms with E-state index in [1.807, 2.05) is 6.07 Å². The number of hydrogen-bond acceptors (Lipinski definition) is 2. The number of nitrogens with two attached hydrogens (primary N) is 1. The molecular weight excluding hydrogens is 221 g/mol. The van der Waals surface area contributed by atoms with Gasteiger partial charge in [-0.1, -0.05) is 19.9 Å². The largest absolute Gasteiger partial charge is 0.327 e. The first-order valence-corrected chi connectivity index (χ1v) is 6.70. The van der Waals surface area contributed by atoms with Crippen molar-refractivity contribution in [1.82, 2.24) is 0 Å². The molecule has 1 nitrogen and oxygen atoms in total. The minimum absolute atomic E-state index is 0.180. The van der Waals surface area contributed by atoms with E-state index in [2.05, 4.69) is 13.8 Å². The Morgan fingerprint density at radius 2 is 2.06 bits per heavy atom. The van der Waals surface area contributed by atoms with Crippen LogP contribution in [0.4, 0.5) is 4.39 Å². The van der Waals surface area contributed by atoms with Gasteiger partial charge in [-0.3, -0.25) is 0 Å². The minimum Gasteiger partial charge on any atom is -0.327 e. The quantitative estimate of drug-likeness (QED) is 0.769. The van der Waals surface area contributed by atoms with E-state index in [1.54, 1.807) is 23.9 Å². The lowest BCUT2D eigenvalue weighted by Gasteiger charge is -2.12. The molecule has 2 N–H and O–H groups in total. The molecule has 1 rings (SSSR count). The fraction of sp³-hybridized carbons (Fsp3) is 0.538. The summed E-state index contributed by atoms with van der Waals surface area (Å²) in [6.07, 6.45) is 2.20. The highest BCUT2D eigenvalue weighted by atomic mass is 32.2. The summed E-state index contributed by atoms with van der Waals surface area (Å²) in [7, 11) is 0. The number of benzene rings is 1. The van der Waals surface area contributed by atoms with E-state index in [4.69, 9.17) is 5.73 Å². The maximum absolute atomic E-state index is 12.9. The van der Waals surface area contributed by atoms with Crippen molar-refractivity contribution in [1.29, 1.82) is 0 Å². The molecule has 1 atom stereocenters. The monoisotopic (exact) mass is 241 g/mol. The van der Waals surface area contributed by atoms with E-state index in [-0.39, 0.29) is 11.9 Å². The number of hydrogen-bond donors (Lipinski definition) is 1. The molecule has 0 spiro atoms. The van der Waals surface area contributed by atoms with Crippen LogP contribution in [0.2, 0.25) is 0 Å². The van der Waals surface area contributed by atoms with Crippen LogP contribution >= 0.6 is 11.8 Å². The van der Waals surface area contributed by atoms with Crippen molar-refractivity contribution in [3.05, 3.63) is 30.1 Å². The van der Waals surface area contributed by atoms with Crippen LogP contribution in [0.1, 0.15) is 26.7 Å². The highest BCUT2D eigenvalue weighted by Crippen LogP contribution is 2.20. The van der Waals surface area contributed by atoms with Crippen LogP contribution in [0, 0.1) is 11.7 Å². The molecule has 0 saturated carbocycles. The number of halogens is 1. The molecule has 0 radical (unpaired) electrons. The third-order valence-electron chi connectivity index (χ3n) is 2.37. The number of rotatable bonds is 6. The van der Waals surface area contributed by atoms with Crippen LogP contribution in [0.3, 0.4) is 0 Å². The van der Waals surface area contributed by atoms with Crippen molar-refractivity contribution in [2.75, 3.05) is 5.75 Å². The Hall–Kier alpha value is -0.540. The van der Waals surface area contributed by atoms with Crippen molar-refractivity contribution in [3.63, 3.8) is 0 Å². The van der Waals surface area contributed by atoms with Crippen LogP contribution in [0.25, 0.3) is 0 Å². The Kier molecular flexibility index (Phi) is 5.85. The Morgan fingerprint density at radius 3 is 2.69 bits per heavy atom. The fourth-order valence-electron chi connectivity index (χ4n) is 1.39. The van der Waals surface area contributed by atoms with Crippen molar-refractivity contribution in [2.24, 2.45) is 11.7 Å². The second kappa shape index (κ2) is 6.92. The lowest BCUT2D eigenvalue weighted by atomic mass is 10.1. The lowest BCUT2D eigenvalue weighted by molar-refractivity contribution is 0.517. The first-order chi connectivity index (χ1) is 7.58. The Bertz CT molecular complexity index is 315. The standard InChI is InChI=1S/C13H20FNS/c1-10(2)6-7-12(15)9-16-13-5-3-4-11(14)8-13/h3-5,8,10,12H,6-7,9,15H2,1-2H3. The molecule has 3 heteroatoms. The van der Waals surface area contributed by atoms with Gasteiger partial charge in [-0.05, 0) is 37.0 Å². The van der Waals surface area contributed by atoms with Crippen molar-refractivity contribution in [2.45, 2.75) is 37.6 Å². The summed E-state index contributed by atoms with van der Waals surface area (Å²) in [5.74, 6) is 1.38. The SMILES string of the molecule is CC(C)CCC(N)CSc1cccc(F)c1. The molecule has 0 aliphatic carbocycles. The van der Waals surface area contributed by atoms with Crippen LogP contribution in [0.15, 0.2) is 29.2 Å². The molecule has 0 heterocycles. The van der Waals surface area contributed by atoms with Gasteiger partial charge in [0.25, 0.3) is 0 Å². The van der Waals surface area contributed by atoms with Gasteiger partial charge in [0.15, 0.2) is 0 Å². The molecule has 1 unspecified atom stereocenters. The predicted molar refractivity (Wildman–Crippen MR) is 69.2 cm³/mol. The first-order valence-electron chi connectivity index (χ1n) is 5.72. The topological polar surface area (TPSA) is 26.0 Å². The molecule has 0 saturated heterocycles. The van der Waals surface area contributed by atoms with Crippen molar-refractivity contribution >= 4 is 11.8 Å². The van der Waals surface area contributed by atoms with Crippen LogP contribution in [0.5, 0.6) is 0 Å². The zero-order chi connectivity index (χ0) is 12.0. The van der Waals surface area contributed by atoms with E-state index in [0.717, 1.165) is 23.5 Å². The summed E-state index contributed by atoms with van der Waals surface area (Å²) in [6.45, 7) is 4.40. The molecule has 0 aliphatic heterocycles. The van der Waals surface area contributed by atoms with Crippen molar-refractivity contribution in [3.8, 4) is 0 Å². The molecule has 0 amide bonds. The fourth-order valence-corrected chi connectivity index (χ4v) is 2.33. The van der Waals surface area contributed by atoms with E-state index in [9.17, 15) is 4.39 Å². The van der Waals surface area contributed by atoms with E-state index < -0.39 is 0 Å². The average molecular weight is 241 g/mol. The third kappa shape index (κ3) is 5.52. The summed E-state index contributed by atoms with van der Waals surface area (Å²) in [5, 5.41) is 0. The summed E-state index contributed by atoms with van der Waals surface area (Å²) >= 11 is 1.63. The van der Waals surface area contributed by atoms with Gasteiger partial charge in [0, 0.05) is 16.7 Å². The van der Waals surface area contributed by atoms with E-state index >= 15 is 0 Å². The number of thioether (sulfide) groups is 1. The second-order valence-electron chi connectivity index (χ2n) is 4.50. The molecular formula is C13H20FNS. The van der Waals surface area contributed by atoms with Gasteiger partial charge in [-0.25, -0.2) is 4.39 Å². The summed E-state index contributed by atoms with van der Waals surface area (Å²) in [4.78, 5) is 0.958. The Balaban J connectivity index is 2.28. The summed E-state index contributed by atoms with van der Waals surface area (Å²) < 4.78 is 12.9. The third-order valence-corrected chi connectivity index (χ3v) is 3.56. The average Bonchev–Trinajstić information content (AvgIpc) is 2.23. The first kappa shape index (κ1) is 13.5. The van der Waals surface area contributed by atoms with Gasteiger partial charge in [0.1, 0.15) is 5.82 Å². The normalized spacial score (nSPS) is 13.1. The van der Waals surface area contributed by atoms with E-state index in [0.29, 0.717) is 5.92 Å². The van der Waals surface area contributed by atoms with Gasteiger partial charge in [-0.15, -0.1) is 11.8 Å². The van der Waals surface area contributed by atoms with Gasteiger partial charge < -0.3 is 5.73 Å². The molecule has 1 aromatic rings. The molecule has 0 bridgehead atoms. The zero-order valence-electron chi connectivity index (χ0n) is 9.95. The van der Waals surface area contributed by atoms with Crippen LogP contribution in [-0.2, 0) is 0 Å². The smallest absolute Gasteiger partial charge is 0.124 e. The van der Waals surface area contributed by atoms with Gasteiger partial charge in [0.05, 0.1) is 0 Å². The summed E-state index contributed by atoms with van der Waals surface area (Å²) in [5.41, 5.74) is 5.99. The molecule has 16 heavy (non-hydrogen) atoms. The minimum atomic E-state index is -0.180. The molecule has 0 aliphatic rings. The van der Waals surface area contributed by atoms with Gasteiger partial charge >= 0.3 is 0 Å². The molecule has 90 valence electrons. The maximum atomic E-state index is 12.9. The zero-order valence-corrected chi connectivity index (χ0v) is 10.8. The van der Waals surface area contributed by atoms with Crippen LogP contribution < -0.4 is 5.73 Å². The molecule has 0 aromatic heterocycles. The predicted octanol–water partition coefficient (Wildman–Crippen LogP) is 3.68. The highest BCUT2D eigenvalue weighted by molar-refractivity contribution is 7.99. The van der Waals surface area contributed by atoms with Crippen LogP contribution in [-0.4, -0.2) is 11.8 Å². The Morgan fingerprint density at radius 1 is 1.31 bits per heavy atom. The van der Waals surface area contributed by atoms with Crippen molar-refractivity contribution < 1.29 is 4.39 Å². The molecule has 0 fully saturated rings. The second-order valence-corrected chi connectivity index (χ2v) is 5.59. The van der Waals surface area contributed by atoms with Gasteiger partial charge in [-0.2, -0.15) is 0 Å². The van der Waals surface area contributed by atoms with E-state index in [1.165, 1.54) is 6.07 Å².